The summed E-state index contributed by atoms with van der Waals surface area (Å²) >= 11 is 6.01. The molecule has 0 unspecified atom stereocenters. The largest absolute Gasteiger partial charge is 0.355 e. The van der Waals surface area contributed by atoms with Gasteiger partial charge in [-0.05, 0) is 30.5 Å². The van der Waals surface area contributed by atoms with Gasteiger partial charge >= 0.3 is 0 Å². The van der Waals surface area contributed by atoms with Crippen LogP contribution in [-0.2, 0) is 11.3 Å². The van der Waals surface area contributed by atoms with Crippen LogP contribution in [0.2, 0.25) is 5.02 Å². The maximum atomic E-state index is 12.6. The van der Waals surface area contributed by atoms with Crippen molar-refractivity contribution >= 4 is 23.5 Å². The highest BCUT2D eigenvalue weighted by Gasteiger charge is 2.42. The molecule has 0 aliphatic heterocycles. The van der Waals surface area contributed by atoms with Crippen LogP contribution in [0.5, 0.6) is 0 Å². The lowest BCUT2D eigenvalue weighted by molar-refractivity contribution is -0.138. The van der Waals surface area contributed by atoms with Gasteiger partial charge in [-0.15, -0.1) is 0 Å². The maximum Gasteiger partial charge on any atom is 0.230 e. The Morgan fingerprint density at radius 3 is 2.58 bits per heavy atom. The fourth-order valence-corrected chi connectivity index (χ4v) is 3.51. The molecule has 0 saturated heterocycles. The highest BCUT2D eigenvalue weighted by atomic mass is 35.5. The van der Waals surface area contributed by atoms with Crippen molar-refractivity contribution in [3.63, 3.8) is 0 Å². The fourth-order valence-electron chi connectivity index (χ4n) is 3.30. The van der Waals surface area contributed by atoms with Crippen LogP contribution in [0.15, 0.2) is 29.3 Å². The molecule has 0 radical (unpaired) electrons. The third-order valence-electron chi connectivity index (χ3n) is 4.59. The van der Waals surface area contributed by atoms with Crippen LogP contribution in [0.1, 0.15) is 31.2 Å². The number of nitrogens with zero attached hydrogens (tertiary/aromatic N) is 2. The first-order chi connectivity index (χ1) is 11.5. The lowest BCUT2D eigenvalue weighted by Gasteiger charge is -2.31. The van der Waals surface area contributed by atoms with Crippen molar-refractivity contribution in [3.05, 3.63) is 34.9 Å². The standard InChI is InChI=1S/C18H27ClN4O/c1-20-17(21-12-14-7-6-8-15(19)11-14)22-13-18(9-4-5-10-18)16(24)23(2)3/h6-8,11H,4-5,9-10,12-13H2,1-3H3,(H2,20,21,22). The number of rotatable bonds is 5. The molecule has 132 valence electrons. The Morgan fingerprint density at radius 2 is 2.00 bits per heavy atom. The predicted molar refractivity (Wildman–Crippen MR) is 99.2 cm³/mol. The lowest BCUT2D eigenvalue weighted by atomic mass is 9.84. The highest BCUT2D eigenvalue weighted by molar-refractivity contribution is 6.30. The van der Waals surface area contributed by atoms with Gasteiger partial charge < -0.3 is 15.5 Å². The third-order valence-corrected chi connectivity index (χ3v) is 4.82. The summed E-state index contributed by atoms with van der Waals surface area (Å²) in [5.41, 5.74) is 0.780. The zero-order valence-corrected chi connectivity index (χ0v) is 15.5. The molecule has 2 rings (SSSR count). The van der Waals surface area contributed by atoms with E-state index in [0.29, 0.717) is 19.0 Å². The van der Waals surface area contributed by atoms with Crippen molar-refractivity contribution in [2.24, 2.45) is 10.4 Å². The number of amides is 1. The minimum absolute atomic E-state index is 0.206. The number of carbonyl (C=O) groups excluding carboxylic acids is 1. The van der Waals surface area contributed by atoms with Gasteiger partial charge in [0.25, 0.3) is 0 Å². The summed E-state index contributed by atoms with van der Waals surface area (Å²) in [5.74, 6) is 0.908. The average Bonchev–Trinajstić information content (AvgIpc) is 3.04. The number of hydrogen-bond donors (Lipinski definition) is 2. The van der Waals surface area contributed by atoms with Gasteiger partial charge in [0.15, 0.2) is 5.96 Å². The maximum absolute atomic E-state index is 12.6. The van der Waals surface area contributed by atoms with Gasteiger partial charge in [-0.3, -0.25) is 9.79 Å². The van der Waals surface area contributed by atoms with Crippen molar-refractivity contribution in [1.82, 2.24) is 15.5 Å². The van der Waals surface area contributed by atoms with Gasteiger partial charge in [0.1, 0.15) is 0 Å². The van der Waals surface area contributed by atoms with E-state index in [1.807, 2.05) is 38.4 Å². The van der Waals surface area contributed by atoms with Crippen molar-refractivity contribution in [1.29, 1.82) is 0 Å². The molecule has 24 heavy (non-hydrogen) atoms. The zero-order chi connectivity index (χ0) is 17.6. The Bertz CT molecular complexity index is 594. The molecule has 5 nitrogen and oxygen atoms in total. The van der Waals surface area contributed by atoms with E-state index in [-0.39, 0.29) is 11.3 Å². The summed E-state index contributed by atoms with van der Waals surface area (Å²) in [6.45, 7) is 1.24. The predicted octanol–water partition coefficient (Wildman–Crippen LogP) is 2.65. The van der Waals surface area contributed by atoms with Gasteiger partial charge in [-0.1, -0.05) is 36.6 Å². The molecule has 0 spiro atoms. The van der Waals surface area contributed by atoms with Gasteiger partial charge in [0.05, 0.1) is 5.41 Å². The van der Waals surface area contributed by atoms with Gasteiger partial charge in [0, 0.05) is 39.3 Å². The van der Waals surface area contributed by atoms with Crippen LogP contribution >= 0.6 is 11.6 Å². The van der Waals surface area contributed by atoms with Gasteiger partial charge in [0.2, 0.25) is 5.91 Å². The highest BCUT2D eigenvalue weighted by Crippen LogP contribution is 2.38. The van der Waals surface area contributed by atoms with E-state index >= 15 is 0 Å². The van der Waals surface area contributed by atoms with E-state index in [1.54, 1.807) is 11.9 Å². The van der Waals surface area contributed by atoms with Crippen molar-refractivity contribution < 1.29 is 4.79 Å². The number of guanidine groups is 1. The molecule has 1 aromatic rings. The van der Waals surface area contributed by atoms with Crippen molar-refractivity contribution in [2.45, 2.75) is 32.2 Å². The number of benzene rings is 1. The lowest BCUT2D eigenvalue weighted by Crippen LogP contribution is -2.49. The second-order valence-corrected chi connectivity index (χ2v) is 7.03. The Balaban J connectivity index is 1.93. The van der Waals surface area contributed by atoms with Crippen LogP contribution in [0, 0.1) is 5.41 Å². The normalized spacial score (nSPS) is 16.8. The molecule has 0 aromatic heterocycles. The molecule has 0 heterocycles. The van der Waals surface area contributed by atoms with E-state index in [0.717, 1.165) is 36.3 Å². The number of hydrogen-bond acceptors (Lipinski definition) is 2. The topological polar surface area (TPSA) is 56.7 Å². The molecular weight excluding hydrogens is 324 g/mol. The minimum atomic E-state index is -0.308. The first kappa shape index (κ1) is 18.6. The molecule has 0 atom stereocenters. The van der Waals surface area contributed by atoms with Crippen LogP contribution in [-0.4, -0.2) is 44.5 Å². The van der Waals surface area contributed by atoms with Gasteiger partial charge in [-0.25, -0.2) is 0 Å². The quantitative estimate of drug-likeness (QED) is 0.634. The van der Waals surface area contributed by atoms with Crippen molar-refractivity contribution in [2.75, 3.05) is 27.7 Å². The second kappa shape index (κ2) is 8.38. The molecule has 1 fully saturated rings. The van der Waals surface area contributed by atoms with Crippen LogP contribution < -0.4 is 10.6 Å². The summed E-state index contributed by atoms with van der Waals surface area (Å²) in [7, 11) is 5.39. The second-order valence-electron chi connectivity index (χ2n) is 6.60. The summed E-state index contributed by atoms with van der Waals surface area (Å²) < 4.78 is 0. The van der Waals surface area contributed by atoms with E-state index in [4.69, 9.17) is 11.6 Å². The first-order valence-electron chi connectivity index (χ1n) is 8.37. The Kier molecular flexibility index (Phi) is 6.49. The SMILES string of the molecule is CN=C(NCc1cccc(Cl)c1)NCC1(C(=O)N(C)C)CCCC1. The van der Waals surface area contributed by atoms with E-state index in [1.165, 1.54) is 0 Å². The molecule has 1 amide bonds. The molecule has 0 bridgehead atoms. The van der Waals surface area contributed by atoms with E-state index < -0.39 is 0 Å². The monoisotopic (exact) mass is 350 g/mol. The fraction of sp³-hybridized carbons (Fsp3) is 0.556. The third kappa shape index (κ3) is 4.63. The first-order valence-corrected chi connectivity index (χ1v) is 8.75. The molecule has 2 N–H and O–H groups in total. The summed E-state index contributed by atoms with van der Waals surface area (Å²) in [6.07, 6.45) is 4.08. The smallest absolute Gasteiger partial charge is 0.230 e. The molecule has 1 saturated carbocycles. The Labute approximate surface area is 149 Å². The minimum Gasteiger partial charge on any atom is -0.355 e. The van der Waals surface area contributed by atoms with E-state index in [2.05, 4.69) is 15.6 Å². The molecular formula is C18H27ClN4O. The number of halogens is 1. The summed E-state index contributed by atoms with van der Waals surface area (Å²) in [5, 5.41) is 7.33. The van der Waals surface area contributed by atoms with Crippen LogP contribution in [0.4, 0.5) is 0 Å². The summed E-state index contributed by atoms with van der Waals surface area (Å²) in [6, 6.07) is 7.73. The van der Waals surface area contributed by atoms with E-state index in [9.17, 15) is 4.79 Å². The van der Waals surface area contributed by atoms with Crippen LogP contribution in [0.3, 0.4) is 0 Å². The molecule has 1 aromatic carbocycles. The molecule has 6 heteroatoms. The number of nitrogens with one attached hydrogen (secondary N) is 2. The number of carbonyl (C=O) groups is 1. The Morgan fingerprint density at radius 1 is 1.29 bits per heavy atom. The molecule has 1 aliphatic rings. The zero-order valence-electron chi connectivity index (χ0n) is 14.7. The van der Waals surface area contributed by atoms with Crippen molar-refractivity contribution in [3.8, 4) is 0 Å². The van der Waals surface area contributed by atoms with Crippen LogP contribution in [0.25, 0.3) is 0 Å². The molecule has 1 aliphatic carbocycles. The van der Waals surface area contributed by atoms with Gasteiger partial charge in [-0.2, -0.15) is 0 Å². The number of aliphatic imine (C=N–C) groups is 1. The summed E-state index contributed by atoms with van der Waals surface area (Å²) in [4.78, 5) is 18.6. The average molecular weight is 351 g/mol. The Hall–Kier alpha value is -1.75.